The molecule has 1 N–H and O–H groups in total. The van der Waals surface area contributed by atoms with Gasteiger partial charge in [-0.3, -0.25) is 24.5 Å². The number of benzene rings is 3. The third-order valence-electron chi connectivity index (χ3n) is 8.51. The number of anilines is 2. The smallest absolute Gasteiger partial charge is 0.338 e. The number of carbonyl (C=O) groups is 4. The summed E-state index contributed by atoms with van der Waals surface area (Å²) in [6, 6.07) is 11.6. The fourth-order valence-corrected chi connectivity index (χ4v) is 7.09. The first-order valence-electron chi connectivity index (χ1n) is 13.0. The standard InChI is InChI=1S/C29H21Cl2FN4O7/c1-43-27(39)14-6-8-20(21(9-14)36(41)42)34-12-22-23(26(34)38)24(17-3-2-4-18(31)25(17)32)29(35(22)13-37)11-15-5-7-16(30)10-19(15)33-28(29)40/h2-10,13,22-24H,11-12H2,1H3,(H,33,40)/t22-,23+,24-,29+/m0/s1. The van der Waals surface area contributed by atoms with Gasteiger partial charge in [0.1, 0.15) is 17.0 Å². The number of hydrogen-bond donors (Lipinski definition) is 1. The van der Waals surface area contributed by atoms with E-state index in [4.69, 9.17) is 23.2 Å². The fourth-order valence-electron chi connectivity index (χ4n) is 6.74. The van der Waals surface area contributed by atoms with Gasteiger partial charge in [0.05, 0.1) is 34.6 Å². The summed E-state index contributed by atoms with van der Waals surface area (Å²) in [4.78, 5) is 66.8. The third kappa shape index (κ3) is 4.15. The molecule has 11 nitrogen and oxygen atoms in total. The van der Waals surface area contributed by atoms with Gasteiger partial charge in [-0.05, 0) is 41.5 Å². The number of esters is 1. The summed E-state index contributed by atoms with van der Waals surface area (Å²) >= 11 is 12.3. The summed E-state index contributed by atoms with van der Waals surface area (Å²) in [7, 11) is 1.13. The molecule has 0 unspecified atom stereocenters. The van der Waals surface area contributed by atoms with Crippen LogP contribution in [0.5, 0.6) is 0 Å². The van der Waals surface area contributed by atoms with Crippen molar-refractivity contribution in [1.29, 1.82) is 0 Å². The summed E-state index contributed by atoms with van der Waals surface area (Å²) in [5, 5.41) is 14.9. The van der Waals surface area contributed by atoms with Crippen LogP contribution in [0.15, 0.2) is 54.6 Å². The maximum Gasteiger partial charge on any atom is 0.338 e. The van der Waals surface area contributed by atoms with Crippen LogP contribution in [-0.2, 0) is 25.5 Å². The number of rotatable bonds is 5. The van der Waals surface area contributed by atoms with Crippen LogP contribution in [0.4, 0.5) is 21.5 Å². The van der Waals surface area contributed by atoms with E-state index in [1.165, 1.54) is 35.2 Å². The Kier molecular flexibility index (Phi) is 6.85. The minimum atomic E-state index is -1.74. The highest BCUT2D eigenvalue weighted by molar-refractivity contribution is 6.31. The first-order chi connectivity index (χ1) is 20.5. The van der Waals surface area contributed by atoms with E-state index in [1.54, 1.807) is 18.2 Å². The first-order valence-corrected chi connectivity index (χ1v) is 13.7. The maximum atomic E-state index is 15.8. The van der Waals surface area contributed by atoms with Crippen LogP contribution >= 0.6 is 23.2 Å². The van der Waals surface area contributed by atoms with Gasteiger partial charge in [0, 0.05) is 35.7 Å². The van der Waals surface area contributed by atoms with E-state index in [-0.39, 0.29) is 34.8 Å². The van der Waals surface area contributed by atoms with Gasteiger partial charge < -0.3 is 19.9 Å². The number of amides is 3. The van der Waals surface area contributed by atoms with Gasteiger partial charge >= 0.3 is 5.97 Å². The van der Waals surface area contributed by atoms with Gasteiger partial charge in [0.2, 0.25) is 12.3 Å². The summed E-state index contributed by atoms with van der Waals surface area (Å²) < 4.78 is 20.4. The minimum Gasteiger partial charge on any atom is -0.465 e. The van der Waals surface area contributed by atoms with Crippen LogP contribution in [-0.4, -0.2) is 59.3 Å². The lowest BCUT2D eigenvalue weighted by atomic mass is 9.69. The van der Waals surface area contributed by atoms with E-state index >= 15 is 4.39 Å². The molecule has 0 aliphatic carbocycles. The topological polar surface area (TPSA) is 139 Å². The SMILES string of the molecule is COC(=O)c1ccc(N2C[C@H]3[C@@H](C2=O)[C@H](c2cccc(Cl)c2F)[C@@]2(Cc4ccc(Cl)cc4NC2=O)N3C=O)c([N+](=O)[O-])c1. The molecule has 0 aromatic heterocycles. The number of halogens is 3. The number of nitrogens with zero attached hydrogens (tertiary/aromatic N) is 3. The largest absolute Gasteiger partial charge is 0.465 e. The monoisotopic (exact) mass is 626 g/mol. The fraction of sp³-hybridized carbons (Fsp3) is 0.241. The van der Waals surface area contributed by atoms with Crippen LogP contribution in [0.25, 0.3) is 0 Å². The summed E-state index contributed by atoms with van der Waals surface area (Å²) in [5.41, 5.74) is -1.54. The molecule has 0 saturated carbocycles. The number of fused-ring (bicyclic) bond motifs is 2. The second-order valence-corrected chi connectivity index (χ2v) is 11.3. The number of hydrogen-bond acceptors (Lipinski definition) is 7. The summed E-state index contributed by atoms with van der Waals surface area (Å²) in [5.74, 6) is -5.37. The van der Waals surface area contributed by atoms with E-state index in [0.29, 0.717) is 22.7 Å². The Morgan fingerprint density at radius 3 is 2.65 bits per heavy atom. The van der Waals surface area contributed by atoms with Crippen molar-refractivity contribution in [3.8, 4) is 0 Å². The molecular weight excluding hydrogens is 606 g/mol. The molecule has 43 heavy (non-hydrogen) atoms. The van der Waals surface area contributed by atoms with Crippen LogP contribution in [0.1, 0.15) is 27.4 Å². The molecular formula is C29H21Cl2FN4O7. The molecule has 220 valence electrons. The Labute approximate surface area is 253 Å². The van der Waals surface area contributed by atoms with Crippen molar-refractivity contribution in [3.05, 3.63) is 97.3 Å². The lowest BCUT2D eigenvalue weighted by Crippen LogP contribution is -2.61. The third-order valence-corrected chi connectivity index (χ3v) is 9.04. The average molecular weight is 627 g/mol. The molecule has 0 bridgehead atoms. The molecule has 4 atom stereocenters. The molecule has 3 amide bonds. The molecule has 6 rings (SSSR count). The lowest BCUT2D eigenvalue weighted by Gasteiger charge is -2.44. The van der Waals surface area contributed by atoms with Gasteiger partial charge in [-0.15, -0.1) is 0 Å². The van der Waals surface area contributed by atoms with E-state index in [2.05, 4.69) is 10.1 Å². The zero-order valence-corrected chi connectivity index (χ0v) is 23.8. The van der Waals surface area contributed by atoms with Crippen LogP contribution < -0.4 is 10.2 Å². The second kappa shape index (κ2) is 10.3. The molecule has 3 heterocycles. The van der Waals surface area contributed by atoms with Crippen LogP contribution in [0.2, 0.25) is 10.0 Å². The molecule has 0 radical (unpaired) electrons. The van der Waals surface area contributed by atoms with Crippen molar-refractivity contribution in [3.63, 3.8) is 0 Å². The number of ether oxygens (including phenoxy) is 1. The number of carbonyl (C=O) groups excluding carboxylic acids is 4. The maximum absolute atomic E-state index is 15.8. The van der Waals surface area contributed by atoms with Crippen molar-refractivity contribution in [1.82, 2.24) is 4.90 Å². The first kappa shape index (κ1) is 28.6. The van der Waals surface area contributed by atoms with Crippen molar-refractivity contribution < 1.29 is 33.2 Å². The summed E-state index contributed by atoms with van der Waals surface area (Å²) in [6.45, 7) is -0.234. The van der Waals surface area contributed by atoms with Gasteiger partial charge in [-0.2, -0.15) is 0 Å². The van der Waals surface area contributed by atoms with Crippen molar-refractivity contribution in [2.75, 3.05) is 23.9 Å². The molecule has 14 heteroatoms. The zero-order valence-electron chi connectivity index (χ0n) is 22.3. The quantitative estimate of drug-likeness (QED) is 0.192. The Balaban J connectivity index is 1.52. The lowest BCUT2D eigenvalue weighted by molar-refractivity contribution is -0.384. The highest BCUT2D eigenvalue weighted by atomic mass is 35.5. The number of nitrogens with one attached hydrogen (secondary N) is 1. The highest BCUT2D eigenvalue weighted by Gasteiger charge is 2.69. The number of methoxy groups -OCH3 is 1. The van der Waals surface area contributed by atoms with Gasteiger partial charge in [-0.1, -0.05) is 41.4 Å². The second-order valence-electron chi connectivity index (χ2n) is 10.5. The predicted octanol–water partition coefficient (Wildman–Crippen LogP) is 4.35. The molecule has 3 aromatic rings. The van der Waals surface area contributed by atoms with E-state index < -0.39 is 57.6 Å². The van der Waals surface area contributed by atoms with Gasteiger partial charge in [-0.25, -0.2) is 9.18 Å². The van der Waals surface area contributed by atoms with Crippen molar-refractivity contribution in [2.45, 2.75) is 23.9 Å². The number of likely N-dealkylation sites (tertiary alicyclic amines) is 1. The number of nitro groups is 1. The average Bonchev–Trinajstić information content (AvgIpc) is 3.45. The molecule has 2 saturated heterocycles. The Bertz CT molecular complexity index is 1750. The van der Waals surface area contributed by atoms with Crippen LogP contribution in [0.3, 0.4) is 0 Å². The predicted molar refractivity (Wildman–Crippen MR) is 153 cm³/mol. The molecule has 2 fully saturated rings. The zero-order chi connectivity index (χ0) is 30.8. The van der Waals surface area contributed by atoms with E-state index in [9.17, 15) is 29.3 Å². The van der Waals surface area contributed by atoms with Crippen LogP contribution in [0, 0.1) is 21.8 Å². The van der Waals surface area contributed by atoms with Crippen molar-refractivity contribution in [2.24, 2.45) is 5.92 Å². The normalized spacial score (nSPS) is 24.0. The van der Waals surface area contributed by atoms with Gasteiger partial charge in [0.15, 0.2) is 0 Å². The molecule has 3 aromatic carbocycles. The highest BCUT2D eigenvalue weighted by Crippen LogP contribution is 2.57. The van der Waals surface area contributed by atoms with Crippen molar-refractivity contribution >= 4 is 64.5 Å². The molecule has 3 aliphatic heterocycles. The number of nitro benzene ring substituents is 1. The molecule has 1 spiro atoms. The Hall–Kier alpha value is -4.55. The van der Waals surface area contributed by atoms with Gasteiger partial charge in [0.25, 0.3) is 11.6 Å². The van der Waals surface area contributed by atoms with E-state index in [0.717, 1.165) is 18.1 Å². The molecule has 3 aliphatic rings. The Morgan fingerprint density at radius 2 is 1.95 bits per heavy atom. The van der Waals surface area contributed by atoms with E-state index in [1.807, 2.05) is 0 Å². The summed E-state index contributed by atoms with van der Waals surface area (Å²) in [6.07, 6.45) is 0.390. The minimum absolute atomic E-state index is 0.0508. The Morgan fingerprint density at radius 1 is 1.19 bits per heavy atom.